The van der Waals surface area contributed by atoms with Crippen molar-refractivity contribution in [2.24, 2.45) is 0 Å². The third kappa shape index (κ3) is 4.28. The van der Waals surface area contributed by atoms with Crippen LogP contribution >= 0.6 is 11.6 Å². The normalized spacial score (nSPS) is 16.1. The van der Waals surface area contributed by atoms with Gasteiger partial charge in [0.25, 0.3) is 0 Å². The molecule has 1 saturated heterocycles. The number of hydrogen-bond donors (Lipinski definition) is 2. The third-order valence-electron chi connectivity index (χ3n) is 4.25. The number of anilines is 2. The highest BCUT2D eigenvalue weighted by atomic mass is 35.5. The second-order valence-electron chi connectivity index (χ2n) is 6.04. The minimum atomic E-state index is 0.240. The number of ether oxygens (including phenoxy) is 1. The predicted molar refractivity (Wildman–Crippen MR) is 98.5 cm³/mol. The van der Waals surface area contributed by atoms with Crippen LogP contribution in [0.15, 0.2) is 18.3 Å². The van der Waals surface area contributed by atoms with E-state index in [1.807, 2.05) is 0 Å². The minimum absolute atomic E-state index is 0.240. The number of aromatic nitrogens is 3. The fraction of sp³-hybridized carbons (Fsp3) is 0.438. The standard InChI is InChI=1S/C16H22ClN7O/c1-23-4-6-24(7-5-23)8-9-25-16-11(10-13(17)21-22-16)14-12(18)2-3-20-15(14)19/h2-3,10H,4-9H2,1H3,(H4,18,19,20). The number of nitrogens with two attached hydrogens (primary N) is 2. The summed E-state index contributed by atoms with van der Waals surface area (Å²) in [5.74, 6) is 0.651. The highest BCUT2D eigenvalue weighted by Gasteiger charge is 2.18. The van der Waals surface area contributed by atoms with Gasteiger partial charge < -0.3 is 21.1 Å². The maximum absolute atomic E-state index is 6.05. The van der Waals surface area contributed by atoms with Crippen molar-refractivity contribution in [1.82, 2.24) is 25.0 Å². The van der Waals surface area contributed by atoms with Crippen molar-refractivity contribution in [2.75, 3.05) is 57.8 Å². The number of pyridine rings is 1. The Morgan fingerprint density at radius 2 is 1.96 bits per heavy atom. The van der Waals surface area contributed by atoms with Gasteiger partial charge in [0.2, 0.25) is 5.88 Å². The van der Waals surface area contributed by atoms with Crippen LogP contribution in [0.1, 0.15) is 0 Å². The van der Waals surface area contributed by atoms with Crippen LogP contribution in [0, 0.1) is 0 Å². The van der Waals surface area contributed by atoms with Gasteiger partial charge in [-0.15, -0.1) is 10.2 Å². The summed E-state index contributed by atoms with van der Waals surface area (Å²) in [6.45, 7) is 5.50. The zero-order chi connectivity index (χ0) is 17.8. The van der Waals surface area contributed by atoms with Crippen LogP contribution in [-0.4, -0.2) is 71.4 Å². The summed E-state index contributed by atoms with van der Waals surface area (Å²) >= 11 is 6.00. The van der Waals surface area contributed by atoms with Gasteiger partial charge >= 0.3 is 0 Å². The molecule has 0 aromatic carbocycles. The molecule has 9 heteroatoms. The molecule has 2 aromatic heterocycles. The summed E-state index contributed by atoms with van der Waals surface area (Å²) in [4.78, 5) is 8.76. The Kier molecular flexibility index (Phi) is 5.52. The van der Waals surface area contributed by atoms with E-state index in [9.17, 15) is 0 Å². The summed E-state index contributed by atoms with van der Waals surface area (Å²) in [6, 6.07) is 3.32. The van der Waals surface area contributed by atoms with Gasteiger partial charge in [0, 0.05) is 44.6 Å². The molecule has 1 aliphatic rings. The second kappa shape index (κ2) is 7.81. The lowest BCUT2D eigenvalue weighted by Gasteiger charge is -2.32. The van der Waals surface area contributed by atoms with Gasteiger partial charge in [-0.25, -0.2) is 4.98 Å². The van der Waals surface area contributed by atoms with Crippen molar-refractivity contribution >= 4 is 23.1 Å². The Bertz CT molecular complexity index is 714. The van der Waals surface area contributed by atoms with E-state index >= 15 is 0 Å². The molecule has 3 heterocycles. The van der Waals surface area contributed by atoms with Gasteiger partial charge in [-0.05, 0) is 19.2 Å². The van der Waals surface area contributed by atoms with Gasteiger partial charge in [0.1, 0.15) is 12.4 Å². The van der Waals surface area contributed by atoms with Crippen LogP contribution in [0.25, 0.3) is 11.1 Å². The number of rotatable bonds is 5. The first-order chi connectivity index (χ1) is 12.0. The van der Waals surface area contributed by atoms with Crippen molar-refractivity contribution in [2.45, 2.75) is 0 Å². The number of nitrogens with zero attached hydrogens (tertiary/aromatic N) is 5. The van der Waals surface area contributed by atoms with Gasteiger partial charge in [0.15, 0.2) is 5.15 Å². The second-order valence-corrected chi connectivity index (χ2v) is 6.43. The van der Waals surface area contributed by atoms with Gasteiger partial charge in [-0.2, -0.15) is 0 Å². The highest BCUT2D eigenvalue weighted by molar-refractivity contribution is 6.29. The number of hydrogen-bond acceptors (Lipinski definition) is 8. The molecule has 0 amide bonds. The number of nitrogen functional groups attached to an aromatic ring is 2. The average Bonchev–Trinajstić information content (AvgIpc) is 2.58. The van der Waals surface area contributed by atoms with Crippen molar-refractivity contribution < 1.29 is 4.74 Å². The molecule has 0 aliphatic carbocycles. The zero-order valence-corrected chi connectivity index (χ0v) is 14.9. The first-order valence-electron chi connectivity index (χ1n) is 8.12. The Morgan fingerprint density at radius 1 is 1.20 bits per heavy atom. The van der Waals surface area contributed by atoms with Crippen LogP contribution in [0.3, 0.4) is 0 Å². The first-order valence-corrected chi connectivity index (χ1v) is 8.49. The lowest BCUT2D eigenvalue weighted by Crippen LogP contribution is -2.45. The molecule has 0 unspecified atom stereocenters. The molecule has 1 fully saturated rings. The van der Waals surface area contributed by atoms with E-state index < -0.39 is 0 Å². The first kappa shape index (κ1) is 17.7. The molecular formula is C16H22ClN7O. The van der Waals surface area contributed by atoms with Crippen molar-refractivity contribution in [3.63, 3.8) is 0 Å². The van der Waals surface area contributed by atoms with Gasteiger partial charge in [-0.3, -0.25) is 4.90 Å². The van der Waals surface area contributed by atoms with Gasteiger partial charge in [0.05, 0.1) is 11.1 Å². The number of likely N-dealkylation sites (N-methyl/N-ethyl adjacent to an activating group) is 1. The van der Waals surface area contributed by atoms with Crippen molar-refractivity contribution in [3.8, 4) is 17.0 Å². The molecule has 0 atom stereocenters. The van der Waals surface area contributed by atoms with Crippen LogP contribution < -0.4 is 16.2 Å². The van der Waals surface area contributed by atoms with Crippen molar-refractivity contribution in [1.29, 1.82) is 0 Å². The largest absolute Gasteiger partial charge is 0.475 e. The molecule has 25 heavy (non-hydrogen) atoms. The molecular weight excluding hydrogens is 342 g/mol. The van der Waals surface area contributed by atoms with E-state index in [0.29, 0.717) is 35.1 Å². The molecule has 2 aromatic rings. The summed E-state index contributed by atoms with van der Waals surface area (Å²) in [5, 5.41) is 8.17. The average molecular weight is 364 g/mol. The molecule has 3 rings (SSSR count). The topological polar surface area (TPSA) is 106 Å². The van der Waals surface area contributed by atoms with Crippen molar-refractivity contribution in [3.05, 3.63) is 23.5 Å². The Labute approximate surface area is 151 Å². The molecule has 0 saturated carbocycles. The van der Waals surface area contributed by atoms with E-state index in [0.717, 1.165) is 32.7 Å². The molecule has 0 spiro atoms. The van der Waals surface area contributed by atoms with Crippen LogP contribution in [0.2, 0.25) is 5.15 Å². The summed E-state index contributed by atoms with van der Waals surface area (Å²) in [5.41, 5.74) is 13.7. The molecule has 1 aliphatic heterocycles. The Balaban J connectivity index is 1.74. The Hall–Kier alpha value is -2.16. The monoisotopic (exact) mass is 363 g/mol. The lowest BCUT2D eigenvalue weighted by molar-refractivity contribution is 0.132. The SMILES string of the molecule is CN1CCN(CCOc2nnc(Cl)cc2-c2c(N)ccnc2N)CC1. The fourth-order valence-electron chi connectivity index (χ4n) is 2.77. The highest BCUT2D eigenvalue weighted by Crippen LogP contribution is 2.36. The summed E-state index contributed by atoms with van der Waals surface area (Å²) in [7, 11) is 2.13. The van der Waals surface area contributed by atoms with Gasteiger partial charge in [-0.1, -0.05) is 11.6 Å². The fourth-order valence-corrected chi connectivity index (χ4v) is 2.92. The Morgan fingerprint density at radius 3 is 2.68 bits per heavy atom. The minimum Gasteiger partial charge on any atom is -0.475 e. The summed E-state index contributed by atoms with van der Waals surface area (Å²) < 4.78 is 5.86. The molecule has 134 valence electrons. The maximum Gasteiger partial charge on any atom is 0.241 e. The van der Waals surface area contributed by atoms with Crippen LogP contribution in [0.5, 0.6) is 5.88 Å². The summed E-state index contributed by atoms with van der Waals surface area (Å²) in [6.07, 6.45) is 1.55. The smallest absolute Gasteiger partial charge is 0.241 e. The van der Waals surface area contributed by atoms with E-state index in [-0.39, 0.29) is 5.15 Å². The van der Waals surface area contributed by atoms with E-state index in [4.69, 9.17) is 27.8 Å². The van der Waals surface area contributed by atoms with E-state index in [1.165, 1.54) is 0 Å². The zero-order valence-electron chi connectivity index (χ0n) is 14.2. The van der Waals surface area contributed by atoms with Crippen LogP contribution in [0.4, 0.5) is 11.5 Å². The maximum atomic E-state index is 6.05. The number of halogens is 1. The van der Waals surface area contributed by atoms with E-state index in [2.05, 4.69) is 32.0 Å². The number of piperazine rings is 1. The van der Waals surface area contributed by atoms with E-state index in [1.54, 1.807) is 18.3 Å². The molecule has 8 nitrogen and oxygen atoms in total. The quantitative estimate of drug-likeness (QED) is 0.809. The molecule has 0 radical (unpaired) electrons. The molecule has 0 bridgehead atoms. The molecule has 4 N–H and O–H groups in total. The predicted octanol–water partition coefficient (Wildman–Crippen LogP) is 0.983. The lowest BCUT2D eigenvalue weighted by atomic mass is 10.1. The van der Waals surface area contributed by atoms with Crippen LogP contribution in [-0.2, 0) is 0 Å². The third-order valence-corrected chi connectivity index (χ3v) is 4.44.